The lowest BCUT2D eigenvalue weighted by molar-refractivity contribution is -0.139. The van der Waals surface area contributed by atoms with Gasteiger partial charge in [0.15, 0.2) is 29.3 Å². The number of rotatable bonds is 37. The Morgan fingerprint density at radius 2 is 0.925 bits per heavy atom. The quantitative estimate of drug-likeness (QED) is 0.0157. The summed E-state index contributed by atoms with van der Waals surface area (Å²) < 4.78 is 0. The van der Waals surface area contributed by atoms with Crippen molar-refractivity contribution in [2.45, 2.75) is 128 Å². The molecule has 0 saturated heterocycles. The first-order valence-electron chi connectivity index (χ1n) is 21.8. The number of carbonyl (C=O) groups excluding carboxylic acids is 9. The molecule has 0 aromatic rings. The van der Waals surface area contributed by atoms with Crippen LogP contribution in [0.4, 0.5) is 0 Å². The van der Waals surface area contributed by atoms with E-state index in [0.717, 1.165) is 6.92 Å². The second-order valence-corrected chi connectivity index (χ2v) is 16.5. The van der Waals surface area contributed by atoms with Gasteiger partial charge in [0.05, 0.1) is 31.3 Å². The van der Waals surface area contributed by atoms with Crippen molar-refractivity contribution in [1.82, 2.24) is 16.0 Å². The fraction of sp³-hybridized carbons (Fsp3) is 0.707. The molecule has 10 atom stereocenters. The molecular formula is C41H71N11O15. The van der Waals surface area contributed by atoms with Crippen molar-refractivity contribution in [3.05, 3.63) is 0 Å². The van der Waals surface area contributed by atoms with Gasteiger partial charge in [0.1, 0.15) is 23.9 Å². The summed E-state index contributed by atoms with van der Waals surface area (Å²) in [5, 5.41) is 57.0. The van der Waals surface area contributed by atoms with E-state index in [4.69, 9.17) is 39.5 Å². The van der Waals surface area contributed by atoms with Crippen LogP contribution >= 0.6 is 0 Å². The van der Waals surface area contributed by atoms with E-state index in [1.165, 1.54) is 6.92 Å². The van der Waals surface area contributed by atoms with Gasteiger partial charge in [0, 0.05) is 75.3 Å². The molecule has 0 aliphatic rings. The maximum absolute atomic E-state index is 13.8. The number of hydrogen-bond acceptors (Lipinski definition) is 16. The number of carboxylic acid groups (broad SMARTS) is 1. The molecular weight excluding hydrogens is 887 g/mol. The molecule has 0 aliphatic heterocycles. The van der Waals surface area contributed by atoms with Crippen molar-refractivity contribution in [2.24, 2.45) is 74.0 Å². The first-order valence-corrected chi connectivity index (χ1v) is 21.8. The van der Waals surface area contributed by atoms with Crippen LogP contribution in [0.3, 0.4) is 0 Å². The van der Waals surface area contributed by atoms with E-state index in [0.29, 0.717) is 12.8 Å². The van der Waals surface area contributed by atoms with E-state index < -0.39 is 152 Å². The predicted molar refractivity (Wildman–Crippen MR) is 239 cm³/mol. The third kappa shape index (κ3) is 24.8. The molecule has 0 bridgehead atoms. The largest absolute Gasteiger partial charge is 0.481 e. The molecule has 5 amide bonds. The van der Waals surface area contributed by atoms with Crippen LogP contribution in [0.2, 0.25) is 0 Å². The number of ketones is 4. The van der Waals surface area contributed by atoms with Crippen LogP contribution in [0.25, 0.3) is 0 Å². The number of primary amides is 2. The minimum atomic E-state index is -1.73. The number of carbonyl (C=O) groups is 10. The molecule has 0 aromatic carbocycles. The molecule has 0 saturated carbocycles. The summed E-state index contributed by atoms with van der Waals surface area (Å²) >= 11 is 0. The molecule has 67 heavy (non-hydrogen) atoms. The molecule has 0 fully saturated rings. The third-order valence-electron chi connectivity index (χ3n) is 10.8. The van der Waals surface area contributed by atoms with Crippen molar-refractivity contribution in [3.63, 3.8) is 0 Å². The van der Waals surface area contributed by atoms with E-state index in [1.54, 1.807) is 6.92 Å². The van der Waals surface area contributed by atoms with E-state index >= 15 is 0 Å². The van der Waals surface area contributed by atoms with E-state index in [1.807, 2.05) is 0 Å². The number of nitrogens with two attached hydrogens (primary N) is 6. The molecule has 0 aromatic heterocycles. The Labute approximate surface area is 387 Å². The molecule has 20 N–H and O–H groups in total. The van der Waals surface area contributed by atoms with Gasteiger partial charge in [-0.15, -0.1) is 0 Å². The van der Waals surface area contributed by atoms with Gasteiger partial charge in [-0.1, -0.05) is 6.92 Å². The minimum absolute atomic E-state index is 0.0176. The average Bonchev–Trinajstić information content (AvgIpc) is 3.23. The van der Waals surface area contributed by atoms with Crippen molar-refractivity contribution in [3.8, 4) is 0 Å². The summed E-state index contributed by atoms with van der Waals surface area (Å²) in [7, 11) is 0. The molecule has 0 rings (SSSR count). The van der Waals surface area contributed by atoms with Gasteiger partial charge >= 0.3 is 5.97 Å². The number of nitrogens with one attached hydrogen (secondary N) is 3. The van der Waals surface area contributed by atoms with Gasteiger partial charge < -0.3 is 75.9 Å². The van der Waals surface area contributed by atoms with Crippen molar-refractivity contribution >= 4 is 70.6 Å². The second kappa shape index (κ2) is 31.7. The van der Waals surface area contributed by atoms with Gasteiger partial charge in [-0.3, -0.25) is 57.9 Å². The molecule has 0 unspecified atom stereocenters. The van der Waals surface area contributed by atoms with Crippen LogP contribution in [-0.2, 0) is 47.9 Å². The third-order valence-corrected chi connectivity index (χ3v) is 10.8. The predicted octanol–water partition coefficient (Wildman–Crippen LogP) is -5.15. The summed E-state index contributed by atoms with van der Waals surface area (Å²) in [5.41, 5.74) is 32.1. The summed E-state index contributed by atoms with van der Waals surface area (Å²) in [6.45, 7) is 2.16. The lowest BCUT2D eigenvalue weighted by Crippen LogP contribution is -2.52. The summed E-state index contributed by atoms with van der Waals surface area (Å²) in [5.74, 6) is -15.4. The van der Waals surface area contributed by atoms with Crippen LogP contribution in [0.5, 0.6) is 0 Å². The van der Waals surface area contributed by atoms with Crippen molar-refractivity contribution in [2.75, 3.05) is 26.3 Å². The Hall–Kier alpha value is -6.12. The summed E-state index contributed by atoms with van der Waals surface area (Å²) in [6, 6.07) is -5.06. The number of Topliss-reactive ketones (excluding diaryl/α,β-unsaturated/α-hetero) is 4. The van der Waals surface area contributed by atoms with Crippen LogP contribution in [-0.4, -0.2) is 153 Å². The van der Waals surface area contributed by atoms with Crippen molar-refractivity contribution < 1.29 is 73.5 Å². The van der Waals surface area contributed by atoms with Gasteiger partial charge in [-0.05, 0) is 52.4 Å². The summed E-state index contributed by atoms with van der Waals surface area (Å²) in [6.07, 6.45) is -6.12. The lowest BCUT2D eigenvalue weighted by Gasteiger charge is -2.27. The maximum atomic E-state index is 13.8. The van der Waals surface area contributed by atoms with Crippen LogP contribution < -0.4 is 50.4 Å². The fourth-order valence-electron chi connectivity index (χ4n) is 6.73. The number of carboxylic acids is 1. The smallest absolute Gasteiger partial charge is 0.303 e. The minimum Gasteiger partial charge on any atom is -0.481 e. The highest BCUT2D eigenvalue weighted by Gasteiger charge is 2.36. The highest BCUT2D eigenvalue weighted by Crippen LogP contribution is 2.21. The molecule has 26 nitrogen and oxygen atoms in total. The van der Waals surface area contributed by atoms with Crippen LogP contribution in [0.1, 0.15) is 97.8 Å². The van der Waals surface area contributed by atoms with Crippen LogP contribution in [0.15, 0.2) is 9.98 Å². The number of aliphatic hydroxyl groups is 4. The highest BCUT2D eigenvalue weighted by atomic mass is 16.4. The standard InChI is InChI=1S/C41H71N11O15/c1-20(6-4-12-48-40(44)45)28(57)15-25(8-10-32(42)61)38(66)51-35(22(3)56)31(60)16-24(7-5-13-49-41(46)47)37(65)50-27(19-54)29(58)17-26(18-53)39(67)52-34(21(2)55)30(59)14-23(36(43)64)9-11-33(62)63/h20-27,34-35,53-56H,4-19H2,1-3H3,(H2,42,61)(H2,43,64)(H,50,65)(H,51,66)(H,52,67)(H,62,63)(H4,44,45,48)(H4,46,47,49)/t20-,21+,22+,23+,24+,25+,26-,27-,34-,35-/m0/s1. The second-order valence-electron chi connectivity index (χ2n) is 16.5. The number of aliphatic hydroxyl groups excluding tert-OH is 4. The number of guanidine groups is 2. The topological polar surface area (TPSA) is 489 Å². The van der Waals surface area contributed by atoms with Gasteiger partial charge in [-0.2, -0.15) is 0 Å². The Morgan fingerprint density at radius 1 is 0.507 bits per heavy atom. The zero-order valence-electron chi connectivity index (χ0n) is 38.3. The van der Waals surface area contributed by atoms with E-state index in [2.05, 4.69) is 25.9 Å². The first-order chi connectivity index (χ1) is 31.2. The first kappa shape index (κ1) is 60.9. The van der Waals surface area contributed by atoms with Crippen LogP contribution in [0, 0.1) is 29.6 Å². The Bertz CT molecular complexity index is 1770. The number of nitrogens with zero attached hydrogens (tertiary/aromatic N) is 2. The molecule has 26 heteroatoms. The van der Waals surface area contributed by atoms with Gasteiger partial charge in [-0.25, -0.2) is 0 Å². The van der Waals surface area contributed by atoms with E-state index in [9.17, 15) is 68.4 Å². The van der Waals surface area contributed by atoms with Gasteiger partial charge in [0.2, 0.25) is 29.5 Å². The highest BCUT2D eigenvalue weighted by molar-refractivity contribution is 5.98. The molecule has 0 heterocycles. The number of hydrogen-bond donors (Lipinski definition) is 14. The number of amides is 5. The lowest BCUT2D eigenvalue weighted by atomic mass is 9.88. The Kier molecular flexibility index (Phi) is 28.8. The zero-order valence-corrected chi connectivity index (χ0v) is 38.3. The number of aliphatic imine (C=N–C) groups is 2. The van der Waals surface area contributed by atoms with Gasteiger partial charge in [0.25, 0.3) is 0 Å². The molecule has 0 aliphatic carbocycles. The normalized spacial score (nSPS) is 15.6. The maximum Gasteiger partial charge on any atom is 0.303 e. The number of aliphatic carboxylic acids is 1. The zero-order chi connectivity index (χ0) is 51.6. The SMILES string of the molecule is C[C@@H](CCCN=C(N)N)C(=O)C[C@@H](CCC(N)=O)C(=O)N[C@H](C(=O)C[C@@H](CCCN=C(N)N)C(=O)N[C@@H](CO)C(=O)C[C@@H](CO)C(=O)N[C@H](C(=O)C[C@@H](CCC(=O)O)C(N)=O)[C@@H](C)O)[C@@H](C)O. The molecule has 0 spiro atoms. The Morgan fingerprint density at radius 3 is 1.36 bits per heavy atom. The molecule has 380 valence electrons. The average molecular weight is 958 g/mol. The summed E-state index contributed by atoms with van der Waals surface area (Å²) in [4.78, 5) is 136. The monoisotopic (exact) mass is 958 g/mol. The molecule has 0 radical (unpaired) electrons. The van der Waals surface area contributed by atoms with Crippen molar-refractivity contribution in [1.29, 1.82) is 0 Å². The Balaban J connectivity index is 6.25. The van der Waals surface area contributed by atoms with E-state index in [-0.39, 0.29) is 69.3 Å². The fourth-order valence-corrected chi connectivity index (χ4v) is 6.73.